The van der Waals surface area contributed by atoms with Gasteiger partial charge in [0.2, 0.25) is 0 Å². The first-order valence-corrected chi connectivity index (χ1v) is 11.2. The van der Waals surface area contributed by atoms with E-state index in [0.29, 0.717) is 36.0 Å². The zero-order chi connectivity index (χ0) is 18.4. The highest BCUT2D eigenvalue weighted by atomic mass is 32.2. The molecular formula is C19H25NO4S2. The maximum Gasteiger partial charge on any atom is 0.306 e. The van der Waals surface area contributed by atoms with Gasteiger partial charge in [0.05, 0.1) is 10.5 Å². The van der Waals surface area contributed by atoms with Crippen molar-refractivity contribution in [1.82, 2.24) is 5.32 Å². The number of carboxylic acid groups (broad SMARTS) is 1. The molecule has 7 heteroatoms. The van der Waals surface area contributed by atoms with Crippen LogP contribution in [0, 0.1) is 5.92 Å². The molecule has 0 atom stereocenters. The Hall–Kier alpha value is -1.34. The van der Waals surface area contributed by atoms with Crippen molar-refractivity contribution in [3.05, 3.63) is 29.8 Å². The Labute approximate surface area is 162 Å². The molecular weight excluding hydrogens is 370 g/mol. The second kappa shape index (κ2) is 9.55. The Bertz CT molecular complexity index is 608. The summed E-state index contributed by atoms with van der Waals surface area (Å²) in [5.41, 5.74) is 1.30. The number of rotatable bonds is 6. The molecule has 1 amide bonds. The fraction of sp³-hybridized carbons (Fsp3) is 0.579. The monoisotopic (exact) mass is 395 g/mol. The number of nitrogens with one attached hydrogen (secondary N) is 1. The lowest BCUT2D eigenvalue weighted by molar-refractivity contribution is -0.142. The molecule has 1 heterocycles. The summed E-state index contributed by atoms with van der Waals surface area (Å²) < 4.78 is 6.09. The highest BCUT2D eigenvalue weighted by Gasteiger charge is 2.26. The quantitative estimate of drug-likeness (QED) is 0.765. The van der Waals surface area contributed by atoms with Gasteiger partial charge in [0.15, 0.2) is 6.61 Å². The van der Waals surface area contributed by atoms with E-state index in [1.165, 1.54) is 23.5 Å². The predicted octanol–water partition coefficient (Wildman–Crippen LogP) is 3.69. The van der Waals surface area contributed by atoms with Crippen molar-refractivity contribution in [3.63, 3.8) is 0 Å². The van der Waals surface area contributed by atoms with Crippen LogP contribution in [0.25, 0.3) is 0 Å². The Morgan fingerprint density at radius 2 is 1.73 bits per heavy atom. The van der Waals surface area contributed by atoms with E-state index in [9.17, 15) is 9.59 Å². The van der Waals surface area contributed by atoms with Gasteiger partial charge in [-0.15, -0.1) is 23.5 Å². The number of carbonyl (C=O) groups excluding carboxylic acids is 1. The van der Waals surface area contributed by atoms with Crippen LogP contribution in [0.2, 0.25) is 0 Å². The Balaban J connectivity index is 1.39. The third-order valence-electron chi connectivity index (χ3n) is 4.79. The molecule has 1 aromatic rings. The van der Waals surface area contributed by atoms with Crippen LogP contribution in [0.1, 0.15) is 42.2 Å². The molecule has 1 saturated carbocycles. The first kappa shape index (κ1) is 19.4. The molecule has 0 spiro atoms. The van der Waals surface area contributed by atoms with Gasteiger partial charge < -0.3 is 15.2 Å². The van der Waals surface area contributed by atoms with Gasteiger partial charge in [0.1, 0.15) is 5.75 Å². The van der Waals surface area contributed by atoms with E-state index in [0.717, 1.165) is 0 Å². The van der Waals surface area contributed by atoms with E-state index in [-0.39, 0.29) is 24.5 Å². The average molecular weight is 396 g/mol. The van der Waals surface area contributed by atoms with Crippen molar-refractivity contribution in [2.24, 2.45) is 5.92 Å². The van der Waals surface area contributed by atoms with Crippen molar-refractivity contribution in [3.8, 4) is 5.75 Å². The maximum atomic E-state index is 12.1. The van der Waals surface area contributed by atoms with Gasteiger partial charge in [-0.2, -0.15) is 0 Å². The minimum atomic E-state index is -0.730. The largest absolute Gasteiger partial charge is 0.484 e. The molecule has 1 saturated heterocycles. The highest BCUT2D eigenvalue weighted by Crippen LogP contribution is 2.43. The second-order valence-electron chi connectivity index (χ2n) is 6.74. The average Bonchev–Trinajstić information content (AvgIpc) is 2.68. The van der Waals surface area contributed by atoms with Crippen LogP contribution in [0.15, 0.2) is 24.3 Å². The summed E-state index contributed by atoms with van der Waals surface area (Å²) in [7, 11) is 0. The smallest absolute Gasteiger partial charge is 0.306 e. The standard InChI is InChI=1S/C19H25NO4S2/c21-17(20-15-6-2-13(3-7-15)18(22)23)12-24-16-8-4-14(5-9-16)19-25-10-1-11-26-19/h4-5,8-9,13,15,19H,1-3,6-7,10-12H2,(H,20,21)(H,22,23). The Morgan fingerprint density at radius 3 is 2.35 bits per heavy atom. The Kier molecular flexibility index (Phi) is 7.14. The summed E-state index contributed by atoms with van der Waals surface area (Å²) in [6.45, 7) is -0.00880. The van der Waals surface area contributed by atoms with Crippen LogP contribution in [-0.2, 0) is 9.59 Å². The minimum Gasteiger partial charge on any atom is -0.484 e. The van der Waals surface area contributed by atoms with E-state index in [1.54, 1.807) is 0 Å². The molecule has 0 radical (unpaired) electrons. The van der Waals surface area contributed by atoms with Gasteiger partial charge in [-0.3, -0.25) is 9.59 Å². The lowest BCUT2D eigenvalue weighted by Gasteiger charge is -2.26. The van der Waals surface area contributed by atoms with Gasteiger partial charge in [0.25, 0.3) is 5.91 Å². The minimum absolute atomic E-state index is 0.00880. The number of thioether (sulfide) groups is 2. The first-order chi connectivity index (χ1) is 12.6. The molecule has 142 valence electrons. The molecule has 1 aliphatic heterocycles. The van der Waals surface area contributed by atoms with Crippen LogP contribution in [0.5, 0.6) is 5.75 Å². The number of benzene rings is 1. The summed E-state index contributed by atoms with van der Waals surface area (Å²) in [6, 6.07) is 8.07. The van der Waals surface area contributed by atoms with E-state index >= 15 is 0 Å². The predicted molar refractivity (Wildman–Crippen MR) is 106 cm³/mol. The fourth-order valence-corrected chi connectivity index (χ4v) is 6.20. The third kappa shape index (κ3) is 5.58. The van der Waals surface area contributed by atoms with Crippen molar-refractivity contribution < 1.29 is 19.4 Å². The molecule has 0 aromatic heterocycles. The normalized spacial score (nSPS) is 24.0. The van der Waals surface area contributed by atoms with Crippen molar-refractivity contribution in [2.75, 3.05) is 18.1 Å². The van der Waals surface area contributed by atoms with Crippen LogP contribution in [0.3, 0.4) is 0 Å². The molecule has 2 fully saturated rings. The van der Waals surface area contributed by atoms with Crippen molar-refractivity contribution in [2.45, 2.75) is 42.7 Å². The molecule has 1 aliphatic carbocycles. The molecule has 26 heavy (non-hydrogen) atoms. The number of ether oxygens (including phenoxy) is 1. The number of amides is 1. The van der Waals surface area contributed by atoms with E-state index in [4.69, 9.17) is 9.84 Å². The number of carbonyl (C=O) groups is 2. The molecule has 2 aliphatic rings. The summed E-state index contributed by atoms with van der Waals surface area (Å²) in [5.74, 6) is 1.98. The molecule has 0 unspecified atom stereocenters. The van der Waals surface area contributed by atoms with Gasteiger partial charge in [-0.1, -0.05) is 12.1 Å². The topological polar surface area (TPSA) is 75.6 Å². The second-order valence-corrected chi connectivity index (χ2v) is 9.46. The lowest BCUT2D eigenvalue weighted by Crippen LogP contribution is -2.40. The van der Waals surface area contributed by atoms with Crippen molar-refractivity contribution >= 4 is 35.4 Å². The number of hydrogen-bond donors (Lipinski definition) is 2. The third-order valence-corrected chi connectivity index (χ3v) is 7.81. The SMILES string of the molecule is O=C(COc1ccc(C2SCCCS2)cc1)NC1CCC(C(=O)O)CC1. The van der Waals surface area contributed by atoms with E-state index < -0.39 is 5.97 Å². The van der Waals surface area contributed by atoms with Gasteiger partial charge >= 0.3 is 5.97 Å². The lowest BCUT2D eigenvalue weighted by atomic mass is 9.86. The summed E-state index contributed by atoms with van der Waals surface area (Å²) in [4.78, 5) is 23.0. The van der Waals surface area contributed by atoms with E-state index in [2.05, 4.69) is 17.4 Å². The summed E-state index contributed by atoms with van der Waals surface area (Å²) >= 11 is 3.97. The molecule has 0 bridgehead atoms. The summed E-state index contributed by atoms with van der Waals surface area (Å²) in [5, 5.41) is 12.0. The van der Waals surface area contributed by atoms with Crippen LogP contribution in [0.4, 0.5) is 0 Å². The van der Waals surface area contributed by atoms with Gasteiger partial charge in [-0.25, -0.2) is 0 Å². The first-order valence-electron chi connectivity index (χ1n) is 9.10. The highest BCUT2D eigenvalue weighted by molar-refractivity contribution is 8.16. The van der Waals surface area contributed by atoms with Crippen molar-refractivity contribution in [1.29, 1.82) is 0 Å². The van der Waals surface area contributed by atoms with E-state index in [1.807, 2.05) is 35.7 Å². The molecule has 5 nitrogen and oxygen atoms in total. The fourth-order valence-electron chi connectivity index (χ4n) is 3.30. The molecule has 3 rings (SSSR count). The Morgan fingerprint density at radius 1 is 1.08 bits per heavy atom. The number of aliphatic carboxylic acids is 1. The van der Waals surface area contributed by atoms with Gasteiger partial charge in [-0.05, 0) is 61.3 Å². The van der Waals surface area contributed by atoms with Crippen LogP contribution >= 0.6 is 23.5 Å². The summed E-state index contributed by atoms with van der Waals surface area (Å²) in [6.07, 6.45) is 3.96. The zero-order valence-electron chi connectivity index (χ0n) is 14.7. The molecule has 1 aromatic carbocycles. The van der Waals surface area contributed by atoms with Gasteiger partial charge in [0, 0.05) is 6.04 Å². The number of carboxylic acids is 1. The zero-order valence-corrected chi connectivity index (χ0v) is 16.3. The van der Waals surface area contributed by atoms with Crippen LogP contribution < -0.4 is 10.1 Å². The maximum absolute atomic E-state index is 12.1. The van der Waals surface area contributed by atoms with Crippen LogP contribution in [-0.4, -0.2) is 41.1 Å². The molecule has 2 N–H and O–H groups in total. The number of hydrogen-bond acceptors (Lipinski definition) is 5.